The minimum absolute atomic E-state index is 0.135. The lowest BCUT2D eigenvalue weighted by Crippen LogP contribution is -2.11. The molecule has 0 aliphatic heterocycles. The topological polar surface area (TPSA) is 59.2 Å². The maximum atomic E-state index is 9.54. The van der Waals surface area contributed by atoms with Crippen LogP contribution in [0.4, 0.5) is 0 Å². The van der Waals surface area contributed by atoms with E-state index in [1.54, 1.807) is 12.1 Å². The average molecular weight is 293 g/mol. The van der Waals surface area contributed by atoms with Crippen LogP contribution in [-0.2, 0) is 0 Å². The normalized spacial score (nSPS) is 22.9. The van der Waals surface area contributed by atoms with Crippen molar-refractivity contribution in [2.24, 2.45) is 5.92 Å². The van der Waals surface area contributed by atoms with Gasteiger partial charge in [-0.15, -0.1) is 0 Å². The minimum Gasteiger partial charge on any atom is -0.508 e. The molecular formula is C15H17ClN2O2. The van der Waals surface area contributed by atoms with Gasteiger partial charge in [-0.2, -0.15) is 4.98 Å². The molecule has 0 bridgehead atoms. The zero-order valence-electron chi connectivity index (χ0n) is 11.3. The maximum Gasteiger partial charge on any atom is 0.259 e. The molecule has 1 fully saturated rings. The third kappa shape index (κ3) is 2.66. The molecule has 0 saturated heterocycles. The number of nitrogens with zero attached hydrogens (tertiary/aromatic N) is 2. The summed E-state index contributed by atoms with van der Waals surface area (Å²) in [6.07, 6.45) is 4.63. The van der Waals surface area contributed by atoms with Gasteiger partial charge in [0.2, 0.25) is 0 Å². The van der Waals surface area contributed by atoms with Crippen molar-refractivity contribution in [1.29, 1.82) is 0 Å². The first-order chi connectivity index (χ1) is 9.63. The summed E-state index contributed by atoms with van der Waals surface area (Å²) in [4.78, 5) is 4.46. The molecule has 0 spiro atoms. The number of phenols is 1. The van der Waals surface area contributed by atoms with E-state index in [1.165, 1.54) is 18.9 Å². The van der Waals surface area contributed by atoms with Crippen LogP contribution in [0.25, 0.3) is 11.5 Å². The Morgan fingerprint density at radius 1 is 1.25 bits per heavy atom. The molecule has 3 rings (SSSR count). The third-order valence-corrected chi connectivity index (χ3v) is 4.33. The lowest BCUT2D eigenvalue weighted by molar-refractivity contribution is 0.329. The zero-order chi connectivity index (χ0) is 14.1. The van der Waals surface area contributed by atoms with Gasteiger partial charge in [-0.25, -0.2) is 0 Å². The van der Waals surface area contributed by atoms with Gasteiger partial charge in [0.05, 0.1) is 10.6 Å². The average Bonchev–Trinajstić information content (AvgIpc) is 2.92. The highest BCUT2D eigenvalue weighted by Crippen LogP contribution is 2.36. The quantitative estimate of drug-likeness (QED) is 0.892. The molecule has 1 heterocycles. The van der Waals surface area contributed by atoms with Gasteiger partial charge in [-0.05, 0) is 37.0 Å². The van der Waals surface area contributed by atoms with E-state index in [4.69, 9.17) is 16.1 Å². The van der Waals surface area contributed by atoms with E-state index in [0.29, 0.717) is 22.4 Å². The standard InChI is InChI=1S/C15H17ClN2O2/c1-9-2-4-10(5-3-9)14-17-15(20-18-14)12-8-11(19)6-7-13(12)16/h6-10,19H,2-5H2,1H3. The van der Waals surface area contributed by atoms with E-state index in [-0.39, 0.29) is 5.75 Å². The van der Waals surface area contributed by atoms with E-state index in [2.05, 4.69) is 17.1 Å². The van der Waals surface area contributed by atoms with Crippen LogP contribution < -0.4 is 0 Å². The van der Waals surface area contributed by atoms with Gasteiger partial charge in [-0.1, -0.05) is 36.5 Å². The highest BCUT2D eigenvalue weighted by molar-refractivity contribution is 6.33. The van der Waals surface area contributed by atoms with Crippen LogP contribution >= 0.6 is 11.6 Å². The first-order valence-electron chi connectivity index (χ1n) is 6.96. The molecule has 1 aliphatic carbocycles. The smallest absolute Gasteiger partial charge is 0.259 e. The number of aromatic nitrogens is 2. The molecule has 4 nitrogen and oxygen atoms in total. The number of hydrogen-bond acceptors (Lipinski definition) is 4. The molecule has 0 atom stereocenters. The number of rotatable bonds is 2. The van der Waals surface area contributed by atoms with Gasteiger partial charge in [-0.3, -0.25) is 0 Å². The minimum atomic E-state index is 0.135. The van der Waals surface area contributed by atoms with Crippen molar-refractivity contribution in [2.45, 2.75) is 38.5 Å². The number of phenolic OH excluding ortho intramolecular Hbond substituents is 1. The van der Waals surface area contributed by atoms with Crippen molar-refractivity contribution >= 4 is 11.6 Å². The zero-order valence-corrected chi connectivity index (χ0v) is 12.1. The number of aromatic hydroxyl groups is 1. The van der Waals surface area contributed by atoms with E-state index in [1.807, 2.05) is 0 Å². The Balaban J connectivity index is 1.85. The van der Waals surface area contributed by atoms with Crippen molar-refractivity contribution < 1.29 is 9.63 Å². The molecule has 1 aliphatic rings. The maximum absolute atomic E-state index is 9.54. The highest BCUT2D eigenvalue weighted by atomic mass is 35.5. The summed E-state index contributed by atoms with van der Waals surface area (Å²) in [7, 11) is 0. The van der Waals surface area contributed by atoms with Gasteiger partial charge in [0, 0.05) is 5.92 Å². The van der Waals surface area contributed by atoms with Crippen molar-refractivity contribution in [3.05, 3.63) is 29.0 Å². The second-order valence-electron chi connectivity index (χ2n) is 5.58. The molecule has 1 aromatic carbocycles. The lowest BCUT2D eigenvalue weighted by atomic mass is 9.83. The SMILES string of the molecule is CC1CCC(c2noc(-c3cc(O)ccc3Cl)n2)CC1. The van der Waals surface area contributed by atoms with Crippen LogP contribution in [0.3, 0.4) is 0 Å². The van der Waals surface area contributed by atoms with E-state index >= 15 is 0 Å². The van der Waals surface area contributed by atoms with Gasteiger partial charge in [0.25, 0.3) is 5.89 Å². The second-order valence-corrected chi connectivity index (χ2v) is 5.99. The number of benzene rings is 1. The molecule has 1 N–H and O–H groups in total. The largest absolute Gasteiger partial charge is 0.508 e. The molecule has 1 saturated carbocycles. The summed E-state index contributed by atoms with van der Waals surface area (Å²) in [6.45, 7) is 2.28. The molecule has 0 radical (unpaired) electrons. The fraction of sp³-hybridized carbons (Fsp3) is 0.467. The highest BCUT2D eigenvalue weighted by Gasteiger charge is 2.24. The van der Waals surface area contributed by atoms with Crippen molar-refractivity contribution in [3.63, 3.8) is 0 Å². The first kappa shape index (κ1) is 13.4. The summed E-state index contributed by atoms with van der Waals surface area (Å²) in [5.41, 5.74) is 0.578. The van der Waals surface area contributed by atoms with Crippen LogP contribution in [0.2, 0.25) is 5.02 Å². The van der Waals surface area contributed by atoms with Gasteiger partial charge in [0.1, 0.15) is 5.75 Å². The van der Waals surface area contributed by atoms with Gasteiger partial charge >= 0.3 is 0 Å². The third-order valence-electron chi connectivity index (χ3n) is 4.00. The van der Waals surface area contributed by atoms with Crippen LogP contribution in [-0.4, -0.2) is 15.2 Å². The molecular weight excluding hydrogens is 276 g/mol. The predicted octanol–water partition coefficient (Wildman–Crippen LogP) is 4.39. The van der Waals surface area contributed by atoms with Crippen molar-refractivity contribution in [1.82, 2.24) is 10.1 Å². The Morgan fingerprint density at radius 3 is 2.75 bits per heavy atom. The summed E-state index contributed by atoms with van der Waals surface area (Å²) in [6, 6.07) is 4.70. The van der Waals surface area contributed by atoms with Gasteiger partial charge < -0.3 is 9.63 Å². The Kier molecular flexibility index (Phi) is 3.66. The number of hydrogen-bond donors (Lipinski definition) is 1. The Hall–Kier alpha value is -1.55. The molecule has 20 heavy (non-hydrogen) atoms. The Bertz CT molecular complexity index is 604. The summed E-state index contributed by atoms with van der Waals surface area (Å²) < 4.78 is 5.31. The lowest BCUT2D eigenvalue weighted by Gasteiger charge is -2.23. The molecule has 5 heteroatoms. The first-order valence-corrected chi connectivity index (χ1v) is 7.34. The molecule has 2 aromatic rings. The molecule has 0 amide bonds. The van der Waals surface area contributed by atoms with Crippen LogP contribution in [0.5, 0.6) is 5.75 Å². The summed E-state index contributed by atoms with van der Waals surface area (Å²) in [5, 5.41) is 14.1. The Labute approximate surface area is 122 Å². The van der Waals surface area contributed by atoms with Gasteiger partial charge in [0.15, 0.2) is 5.82 Å². The monoisotopic (exact) mass is 292 g/mol. The fourth-order valence-corrected chi connectivity index (χ4v) is 2.90. The second kappa shape index (κ2) is 5.44. The molecule has 1 aromatic heterocycles. The number of halogens is 1. The van der Waals surface area contributed by atoms with Crippen molar-refractivity contribution in [3.8, 4) is 17.2 Å². The van der Waals surface area contributed by atoms with E-state index < -0.39 is 0 Å². The predicted molar refractivity (Wildman–Crippen MR) is 76.8 cm³/mol. The van der Waals surface area contributed by atoms with Crippen LogP contribution in [0.1, 0.15) is 44.3 Å². The Morgan fingerprint density at radius 2 is 2.00 bits per heavy atom. The van der Waals surface area contributed by atoms with Crippen LogP contribution in [0, 0.1) is 5.92 Å². The fourth-order valence-electron chi connectivity index (χ4n) is 2.71. The molecule has 106 valence electrons. The summed E-state index contributed by atoms with van der Waals surface area (Å²) >= 11 is 6.11. The molecule has 0 unspecified atom stereocenters. The van der Waals surface area contributed by atoms with Crippen molar-refractivity contribution in [2.75, 3.05) is 0 Å². The summed E-state index contributed by atoms with van der Waals surface area (Å²) in [5.74, 6) is 2.43. The van der Waals surface area contributed by atoms with Crippen LogP contribution in [0.15, 0.2) is 22.7 Å². The van der Waals surface area contributed by atoms with E-state index in [0.717, 1.165) is 24.6 Å². The van der Waals surface area contributed by atoms with E-state index in [9.17, 15) is 5.11 Å².